The number of hydrogen-bond donors (Lipinski definition) is 3. The number of para-hydroxylation sites is 2. The van der Waals surface area contributed by atoms with Crippen LogP contribution < -0.4 is 11.1 Å². The molecule has 25 heavy (non-hydrogen) atoms. The number of imidazole rings is 1. The minimum absolute atomic E-state index is 0. The van der Waals surface area contributed by atoms with Gasteiger partial charge in [-0.15, -0.1) is 24.8 Å². The highest BCUT2D eigenvalue weighted by atomic mass is 35.5. The molecule has 5 nitrogen and oxygen atoms in total. The number of aromatic nitrogens is 2. The van der Waals surface area contributed by atoms with E-state index in [1.807, 2.05) is 24.3 Å². The fourth-order valence-electron chi connectivity index (χ4n) is 3.41. The van der Waals surface area contributed by atoms with Crippen molar-refractivity contribution >= 4 is 41.8 Å². The molecule has 3 rings (SSSR count). The molecule has 3 unspecified atom stereocenters. The van der Waals surface area contributed by atoms with Crippen molar-refractivity contribution in [3.05, 3.63) is 30.1 Å². The maximum Gasteiger partial charge on any atom is 0.223 e. The molecule has 140 valence electrons. The topological polar surface area (TPSA) is 83.8 Å². The van der Waals surface area contributed by atoms with Gasteiger partial charge in [0.25, 0.3) is 0 Å². The summed E-state index contributed by atoms with van der Waals surface area (Å²) >= 11 is 0. The molecule has 4 N–H and O–H groups in total. The van der Waals surface area contributed by atoms with Crippen LogP contribution in [0.1, 0.15) is 51.4 Å². The lowest BCUT2D eigenvalue weighted by Crippen LogP contribution is -2.40. The molecule has 0 saturated heterocycles. The van der Waals surface area contributed by atoms with Crippen molar-refractivity contribution in [1.82, 2.24) is 15.3 Å². The van der Waals surface area contributed by atoms with Crippen LogP contribution in [0.3, 0.4) is 0 Å². The number of nitrogens with two attached hydrogens (primary N) is 1. The van der Waals surface area contributed by atoms with Crippen LogP contribution in [0.15, 0.2) is 24.3 Å². The van der Waals surface area contributed by atoms with Gasteiger partial charge in [0.15, 0.2) is 0 Å². The number of nitrogens with zero attached hydrogens (tertiary/aromatic N) is 1. The summed E-state index contributed by atoms with van der Waals surface area (Å²) in [5.74, 6) is 1.23. The van der Waals surface area contributed by atoms with Gasteiger partial charge in [-0.25, -0.2) is 4.98 Å². The molecule has 1 aromatic heterocycles. The molecule has 0 aliphatic heterocycles. The molecule has 0 radical (unpaired) electrons. The number of halogens is 2. The first kappa shape index (κ1) is 21.7. The van der Waals surface area contributed by atoms with E-state index in [4.69, 9.17) is 5.73 Å². The minimum Gasteiger partial charge on any atom is -0.346 e. The van der Waals surface area contributed by atoms with Crippen molar-refractivity contribution in [1.29, 1.82) is 0 Å². The highest BCUT2D eigenvalue weighted by Crippen LogP contribution is 2.26. The molecule has 2 aromatic rings. The number of benzene rings is 1. The first-order chi connectivity index (χ1) is 11.0. The van der Waals surface area contributed by atoms with E-state index in [0.717, 1.165) is 42.5 Å². The first-order valence-corrected chi connectivity index (χ1v) is 8.55. The highest BCUT2D eigenvalue weighted by molar-refractivity contribution is 5.85. The number of fused-ring (bicyclic) bond motifs is 1. The van der Waals surface area contributed by atoms with Gasteiger partial charge in [-0.1, -0.05) is 32.4 Å². The lowest BCUT2D eigenvalue weighted by atomic mass is 9.85. The number of H-pyrrole nitrogens is 1. The van der Waals surface area contributed by atoms with Crippen LogP contribution >= 0.6 is 24.8 Å². The molecular formula is C18H28Cl2N4O. The van der Waals surface area contributed by atoms with Gasteiger partial charge in [0.05, 0.1) is 17.1 Å². The third-order valence-electron chi connectivity index (χ3n) is 4.75. The second-order valence-electron chi connectivity index (χ2n) is 6.99. The van der Waals surface area contributed by atoms with Crippen molar-refractivity contribution in [3.63, 3.8) is 0 Å². The number of amides is 1. The minimum atomic E-state index is -0.104. The fourth-order valence-corrected chi connectivity index (χ4v) is 3.41. The Kier molecular flexibility index (Phi) is 8.19. The number of hydrogen-bond acceptors (Lipinski definition) is 3. The first-order valence-electron chi connectivity index (χ1n) is 8.55. The van der Waals surface area contributed by atoms with Crippen molar-refractivity contribution in [2.24, 2.45) is 17.6 Å². The predicted octanol–water partition coefficient (Wildman–Crippen LogP) is 3.74. The van der Waals surface area contributed by atoms with E-state index in [-0.39, 0.29) is 54.6 Å². The zero-order valence-electron chi connectivity index (χ0n) is 14.7. The Labute approximate surface area is 161 Å². The van der Waals surface area contributed by atoms with E-state index in [9.17, 15) is 4.79 Å². The van der Waals surface area contributed by atoms with Gasteiger partial charge in [-0.05, 0) is 37.3 Å². The Morgan fingerprint density at radius 3 is 2.64 bits per heavy atom. The van der Waals surface area contributed by atoms with Gasteiger partial charge in [-0.3, -0.25) is 4.79 Å². The van der Waals surface area contributed by atoms with Crippen LogP contribution in [-0.2, 0) is 4.79 Å². The molecule has 1 saturated carbocycles. The second kappa shape index (κ2) is 9.41. The van der Waals surface area contributed by atoms with Crippen LogP contribution in [0.4, 0.5) is 0 Å². The van der Waals surface area contributed by atoms with Crippen molar-refractivity contribution in [3.8, 4) is 0 Å². The number of carbonyl (C=O) groups is 1. The Bertz CT molecular complexity index is 656. The SMILES string of the molecule is CC(C)C(NC(=O)C1CCCC(N)C1)c1nc2ccccc2[nH]1.Cl.Cl. The van der Waals surface area contributed by atoms with E-state index >= 15 is 0 Å². The smallest absolute Gasteiger partial charge is 0.223 e. The maximum absolute atomic E-state index is 12.6. The van der Waals surface area contributed by atoms with E-state index in [1.54, 1.807) is 0 Å². The Balaban J connectivity index is 0.00000156. The molecule has 1 amide bonds. The maximum atomic E-state index is 12.6. The highest BCUT2D eigenvalue weighted by Gasteiger charge is 2.29. The summed E-state index contributed by atoms with van der Waals surface area (Å²) in [5.41, 5.74) is 7.95. The second-order valence-corrected chi connectivity index (χ2v) is 6.99. The van der Waals surface area contributed by atoms with Crippen molar-refractivity contribution in [2.75, 3.05) is 0 Å². The van der Waals surface area contributed by atoms with Gasteiger partial charge in [0.1, 0.15) is 5.82 Å². The molecule has 1 fully saturated rings. The van der Waals surface area contributed by atoms with Gasteiger partial charge < -0.3 is 16.0 Å². The third kappa shape index (κ3) is 5.09. The lowest BCUT2D eigenvalue weighted by Gasteiger charge is -2.28. The average Bonchev–Trinajstić information content (AvgIpc) is 2.95. The quantitative estimate of drug-likeness (QED) is 0.747. The number of rotatable bonds is 4. The number of nitrogens with one attached hydrogen (secondary N) is 2. The van der Waals surface area contributed by atoms with Crippen molar-refractivity contribution < 1.29 is 4.79 Å². The Hall–Kier alpha value is -1.30. The molecule has 0 spiro atoms. The zero-order valence-corrected chi connectivity index (χ0v) is 16.3. The van der Waals surface area contributed by atoms with Crippen LogP contribution in [0.25, 0.3) is 11.0 Å². The molecule has 7 heteroatoms. The number of aromatic amines is 1. The summed E-state index contributed by atoms with van der Waals surface area (Å²) in [5, 5.41) is 3.20. The normalized spacial score (nSPS) is 21.3. The van der Waals surface area contributed by atoms with Gasteiger partial charge in [0, 0.05) is 12.0 Å². The molecule has 3 atom stereocenters. The summed E-state index contributed by atoms with van der Waals surface area (Å²) in [6.45, 7) is 4.20. The van der Waals surface area contributed by atoms with E-state index in [1.165, 1.54) is 0 Å². The summed E-state index contributed by atoms with van der Waals surface area (Å²) in [4.78, 5) is 20.6. The fraction of sp³-hybridized carbons (Fsp3) is 0.556. The summed E-state index contributed by atoms with van der Waals surface area (Å²) in [6.07, 6.45) is 3.79. The predicted molar refractivity (Wildman–Crippen MR) is 106 cm³/mol. The van der Waals surface area contributed by atoms with Crippen LogP contribution in [0.5, 0.6) is 0 Å². The zero-order chi connectivity index (χ0) is 16.4. The van der Waals surface area contributed by atoms with Crippen LogP contribution in [0.2, 0.25) is 0 Å². The standard InChI is InChI=1S/C18H26N4O.2ClH/c1-11(2)16(17-20-14-8-3-4-9-15(14)21-17)22-18(23)12-6-5-7-13(19)10-12;;/h3-4,8-9,11-13,16H,5-7,10,19H2,1-2H3,(H,20,21)(H,22,23);2*1H. The lowest BCUT2D eigenvalue weighted by molar-refractivity contribution is -0.127. The average molecular weight is 387 g/mol. The number of carbonyl (C=O) groups excluding carboxylic acids is 1. The summed E-state index contributed by atoms with van der Waals surface area (Å²) in [6, 6.07) is 7.99. The van der Waals surface area contributed by atoms with Gasteiger partial charge >= 0.3 is 0 Å². The molecule has 1 aliphatic rings. The molecular weight excluding hydrogens is 359 g/mol. The molecule has 1 heterocycles. The largest absolute Gasteiger partial charge is 0.346 e. The van der Waals surface area contributed by atoms with Crippen LogP contribution in [0, 0.1) is 11.8 Å². The molecule has 0 bridgehead atoms. The summed E-state index contributed by atoms with van der Waals surface area (Å²) < 4.78 is 0. The third-order valence-corrected chi connectivity index (χ3v) is 4.75. The van der Waals surface area contributed by atoms with Gasteiger partial charge in [-0.2, -0.15) is 0 Å². The van der Waals surface area contributed by atoms with Crippen LogP contribution in [-0.4, -0.2) is 21.9 Å². The van der Waals surface area contributed by atoms with Gasteiger partial charge in [0.2, 0.25) is 5.91 Å². The van der Waals surface area contributed by atoms with E-state index < -0.39 is 0 Å². The van der Waals surface area contributed by atoms with Crippen molar-refractivity contribution in [2.45, 2.75) is 51.6 Å². The Morgan fingerprint density at radius 2 is 2.00 bits per heavy atom. The summed E-state index contributed by atoms with van der Waals surface area (Å²) in [7, 11) is 0. The monoisotopic (exact) mass is 386 g/mol. The Morgan fingerprint density at radius 1 is 1.28 bits per heavy atom. The van der Waals surface area contributed by atoms with E-state index in [0.29, 0.717) is 0 Å². The molecule has 1 aliphatic carbocycles. The molecule has 1 aromatic carbocycles. The van der Waals surface area contributed by atoms with E-state index in [2.05, 4.69) is 29.1 Å².